The monoisotopic (exact) mass is 653 g/mol. The van der Waals surface area contributed by atoms with Crippen LogP contribution in [-0.4, -0.2) is 4.57 Å². The molecule has 0 saturated heterocycles. The van der Waals surface area contributed by atoms with Gasteiger partial charge in [-0.2, -0.15) is 0 Å². The lowest BCUT2D eigenvalue weighted by Crippen LogP contribution is -2.56. The van der Waals surface area contributed by atoms with Gasteiger partial charge in [-0.1, -0.05) is 133 Å². The summed E-state index contributed by atoms with van der Waals surface area (Å²) < 4.78 is 17.5. The quantitative estimate of drug-likeness (QED) is 0.164. The second-order valence-electron chi connectivity index (χ2n) is 15.3. The van der Waals surface area contributed by atoms with Gasteiger partial charge in [0.1, 0.15) is 0 Å². The van der Waals surface area contributed by atoms with Crippen LogP contribution in [0.5, 0.6) is 0 Å². The molecule has 2 atom stereocenters. The van der Waals surface area contributed by atoms with E-state index in [-0.39, 0.29) is 10.8 Å². The average molecular weight is 654 g/mol. The summed E-state index contributed by atoms with van der Waals surface area (Å²) in [6.07, 6.45) is 7.73. The number of aromatic nitrogens is 1. The minimum Gasteiger partial charge on any atom is -0.309 e. The lowest BCUT2D eigenvalue weighted by molar-refractivity contribution is -0.0281. The molecule has 4 aliphatic rings. The van der Waals surface area contributed by atoms with Crippen LogP contribution in [0, 0.1) is 11.8 Å². The molecule has 4 aliphatic carbocycles. The molecule has 0 amide bonds. The Kier molecular flexibility index (Phi) is 6.53. The number of para-hydroxylation sites is 2. The van der Waals surface area contributed by atoms with Gasteiger partial charge in [0.25, 0.3) is 0 Å². The van der Waals surface area contributed by atoms with Crippen LogP contribution in [0.15, 0.2) is 158 Å². The fourth-order valence-electron chi connectivity index (χ4n) is 10.9. The third-order valence-corrected chi connectivity index (χ3v) is 15.5. The molecule has 1 heterocycles. The van der Waals surface area contributed by atoms with Crippen molar-refractivity contribution in [3.8, 4) is 5.69 Å². The molecule has 4 bridgehead atoms. The molecular formula is C46H40NOP. The summed E-state index contributed by atoms with van der Waals surface area (Å²) in [7, 11) is -2.99. The van der Waals surface area contributed by atoms with Gasteiger partial charge >= 0.3 is 0 Å². The number of hydrogen-bond donors (Lipinski definition) is 0. The summed E-state index contributed by atoms with van der Waals surface area (Å²) >= 11 is 0. The van der Waals surface area contributed by atoms with Crippen LogP contribution in [0.3, 0.4) is 0 Å². The van der Waals surface area contributed by atoms with E-state index in [2.05, 4.69) is 102 Å². The predicted octanol–water partition coefficient (Wildman–Crippen LogP) is 10.2. The number of hydrogen-bond acceptors (Lipinski definition) is 1. The molecule has 0 spiro atoms. The minimum absolute atomic E-state index is 0.178. The first-order valence-electron chi connectivity index (χ1n) is 18.0. The summed E-state index contributed by atoms with van der Waals surface area (Å²) in [5.41, 5.74) is 7.12. The van der Waals surface area contributed by atoms with E-state index in [0.717, 1.165) is 27.7 Å². The zero-order valence-electron chi connectivity index (χ0n) is 27.7. The Bertz CT molecular complexity index is 2260. The second kappa shape index (κ2) is 10.9. The van der Waals surface area contributed by atoms with Crippen molar-refractivity contribution in [2.75, 3.05) is 0 Å². The Hall–Kier alpha value is -4.65. The maximum absolute atomic E-state index is 15.1. The van der Waals surface area contributed by atoms with Crippen molar-refractivity contribution in [3.63, 3.8) is 0 Å². The van der Waals surface area contributed by atoms with E-state index in [1.807, 2.05) is 60.7 Å². The summed E-state index contributed by atoms with van der Waals surface area (Å²) in [5, 5.41) is 5.33. The fraction of sp³-hybridized carbons (Fsp3) is 0.217. The first-order chi connectivity index (χ1) is 24.0. The zero-order chi connectivity index (χ0) is 32.6. The smallest absolute Gasteiger partial charge is 0.171 e. The van der Waals surface area contributed by atoms with Gasteiger partial charge < -0.3 is 9.13 Å². The van der Waals surface area contributed by atoms with Crippen LogP contribution < -0.4 is 15.9 Å². The van der Waals surface area contributed by atoms with Gasteiger partial charge in [0.15, 0.2) is 7.14 Å². The predicted molar refractivity (Wildman–Crippen MR) is 205 cm³/mol. The van der Waals surface area contributed by atoms with Crippen molar-refractivity contribution < 1.29 is 4.57 Å². The summed E-state index contributed by atoms with van der Waals surface area (Å²) in [5.74, 6) is 1.52. The van der Waals surface area contributed by atoms with Crippen LogP contribution in [-0.2, 0) is 15.4 Å². The average Bonchev–Trinajstić information content (AvgIpc) is 3.49. The second-order valence-corrected chi connectivity index (χ2v) is 18.0. The van der Waals surface area contributed by atoms with E-state index in [1.54, 1.807) is 0 Å². The molecule has 0 aliphatic heterocycles. The Morgan fingerprint density at radius 3 is 1.37 bits per heavy atom. The Morgan fingerprint density at radius 1 is 0.469 bits per heavy atom. The topological polar surface area (TPSA) is 22.0 Å². The lowest BCUT2D eigenvalue weighted by Gasteiger charge is -2.63. The van der Waals surface area contributed by atoms with E-state index in [0.29, 0.717) is 0 Å². The van der Waals surface area contributed by atoms with Gasteiger partial charge in [0, 0.05) is 32.4 Å². The number of rotatable bonds is 6. The molecule has 2 unspecified atom stereocenters. The van der Waals surface area contributed by atoms with Gasteiger partial charge in [-0.15, -0.1) is 0 Å². The molecule has 1 aromatic heterocycles. The highest BCUT2D eigenvalue weighted by atomic mass is 31.2. The van der Waals surface area contributed by atoms with Crippen LogP contribution in [0.2, 0.25) is 0 Å². The van der Waals surface area contributed by atoms with Crippen molar-refractivity contribution in [3.05, 3.63) is 169 Å². The van der Waals surface area contributed by atoms with Crippen LogP contribution in [0.25, 0.3) is 27.5 Å². The first-order valence-corrected chi connectivity index (χ1v) is 19.7. The van der Waals surface area contributed by atoms with Crippen LogP contribution in [0.4, 0.5) is 0 Å². The highest BCUT2D eigenvalue weighted by Crippen LogP contribution is 2.66. The lowest BCUT2D eigenvalue weighted by atomic mass is 9.42. The fourth-order valence-corrected chi connectivity index (χ4v) is 13.5. The van der Waals surface area contributed by atoms with Crippen molar-refractivity contribution in [1.82, 2.24) is 4.57 Å². The third-order valence-electron chi connectivity index (χ3n) is 12.5. The van der Waals surface area contributed by atoms with Crippen LogP contribution >= 0.6 is 7.14 Å². The van der Waals surface area contributed by atoms with Crippen molar-refractivity contribution in [1.29, 1.82) is 0 Å². The number of nitrogens with zero attached hydrogens (tertiary/aromatic N) is 1. The van der Waals surface area contributed by atoms with Crippen molar-refractivity contribution in [2.45, 2.75) is 49.4 Å². The van der Waals surface area contributed by atoms with Gasteiger partial charge in [-0.05, 0) is 96.6 Å². The Balaban J connectivity index is 1.01. The highest BCUT2D eigenvalue weighted by molar-refractivity contribution is 7.85. The van der Waals surface area contributed by atoms with Gasteiger partial charge in [0.2, 0.25) is 0 Å². The Morgan fingerprint density at radius 2 is 0.878 bits per heavy atom. The minimum atomic E-state index is -2.99. The first kappa shape index (κ1) is 29.3. The molecule has 4 fully saturated rings. The summed E-state index contributed by atoms with van der Waals surface area (Å²) in [6, 6.07) is 56.4. The molecule has 11 rings (SSSR count). The molecule has 4 saturated carbocycles. The van der Waals surface area contributed by atoms with E-state index in [9.17, 15) is 0 Å². The van der Waals surface area contributed by atoms with E-state index in [4.69, 9.17) is 0 Å². The van der Waals surface area contributed by atoms with Gasteiger partial charge in [-0.3, -0.25) is 0 Å². The Labute approximate surface area is 288 Å². The van der Waals surface area contributed by atoms with E-state index in [1.165, 1.54) is 77.1 Å². The maximum atomic E-state index is 15.1. The van der Waals surface area contributed by atoms with Gasteiger partial charge in [-0.25, -0.2) is 0 Å². The molecule has 0 radical (unpaired) electrons. The molecular weight excluding hydrogens is 613 g/mol. The molecule has 240 valence electrons. The molecule has 7 aromatic rings. The largest absolute Gasteiger partial charge is 0.309 e. The third kappa shape index (κ3) is 4.43. The van der Waals surface area contributed by atoms with Gasteiger partial charge in [0.05, 0.1) is 11.0 Å². The molecule has 6 aromatic carbocycles. The maximum Gasteiger partial charge on any atom is 0.171 e. The SMILES string of the molecule is O=P(c1ccccc1)(c1ccccc1)c1ccc(C23CC4CC(CC(c5ccc(-n6c7ccccc7c7ccccc76)cc5)(C4)C2)C3)cc1. The number of fused-ring (bicyclic) bond motifs is 3. The molecule has 3 heteroatoms. The van der Waals surface area contributed by atoms with Crippen molar-refractivity contribution >= 4 is 44.9 Å². The standard InChI is InChI=1S/C46H40NOP/c48-49(38-11-3-1-4-12-38,39-13-5-2-6-14-39)40-25-21-36(22-26-40)46-30-33-27-34(31-46)29-45(28-33,32-46)35-19-23-37(24-20-35)47-43-17-9-7-15-41(43)42-16-8-10-18-44(42)47/h1-26,33-34H,27-32H2. The normalized spacial score (nSPS) is 24.5. The highest BCUT2D eigenvalue weighted by Gasteiger charge is 2.58. The summed E-state index contributed by atoms with van der Waals surface area (Å²) in [6.45, 7) is 0. The molecule has 49 heavy (non-hydrogen) atoms. The number of benzene rings is 6. The summed E-state index contributed by atoms with van der Waals surface area (Å²) in [4.78, 5) is 0. The molecule has 0 N–H and O–H groups in total. The van der Waals surface area contributed by atoms with Crippen molar-refractivity contribution in [2.24, 2.45) is 11.8 Å². The van der Waals surface area contributed by atoms with E-state index < -0.39 is 7.14 Å². The van der Waals surface area contributed by atoms with Crippen LogP contribution in [0.1, 0.15) is 49.7 Å². The van der Waals surface area contributed by atoms with E-state index >= 15 is 4.57 Å². The zero-order valence-corrected chi connectivity index (χ0v) is 28.6. The molecule has 2 nitrogen and oxygen atoms in total.